The zero-order chi connectivity index (χ0) is 21.5. The van der Waals surface area contributed by atoms with E-state index in [0.29, 0.717) is 11.4 Å². The highest BCUT2D eigenvalue weighted by Gasteiger charge is 2.25. The molecule has 2 aromatic carbocycles. The number of anilines is 1. The van der Waals surface area contributed by atoms with Gasteiger partial charge in [0.1, 0.15) is 11.6 Å². The first-order chi connectivity index (χ1) is 14.5. The quantitative estimate of drug-likeness (QED) is 0.706. The van der Waals surface area contributed by atoms with E-state index in [4.69, 9.17) is 4.74 Å². The molecule has 0 spiro atoms. The van der Waals surface area contributed by atoms with Gasteiger partial charge in [-0.15, -0.1) is 0 Å². The standard InChI is InChI=1S/C22H27FN4O3/c1-26-11-13-27(14-12-26)19(16-7-9-17(23)10-8-16)15-24-21(28)22(29)25-18-5-3-4-6-20(18)30-2/h3-10,19H,11-15H2,1-2H3,(H,24,28)(H,25,29)/t19-/m0/s1. The normalized spacial score (nSPS) is 16.0. The number of ether oxygens (including phenoxy) is 1. The third-order valence-corrected chi connectivity index (χ3v) is 5.25. The third kappa shape index (κ3) is 5.55. The van der Waals surface area contributed by atoms with Gasteiger partial charge in [0.2, 0.25) is 0 Å². The van der Waals surface area contributed by atoms with Crippen LogP contribution in [0.2, 0.25) is 0 Å². The van der Waals surface area contributed by atoms with Crippen LogP contribution in [0.25, 0.3) is 0 Å². The largest absolute Gasteiger partial charge is 0.495 e. The molecule has 1 atom stereocenters. The molecule has 1 fully saturated rings. The first-order valence-electron chi connectivity index (χ1n) is 9.88. The smallest absolute Gasteiger partial charge is 0.313 e. The van der Waals surface area contributed by atoms with Gasteiger partial charge in [-0.05, 0) is 36.9 Å². The minimum atomic E-state index is -0.768. The molecule has 2 N–H and O–H groups in total. The van der Waals surface area contributed by atoms with E-state index < -0.39 is 11.8 Å². The Labute approximate surface area is 175 Å². The predicted molar refractivity (Wildman–Crippen MR) is 113 cm³/mol. The summed E-state index contributed by atoms with van der Waals surface area (Å²) in [4.78, 5) is 29.2. The summed E-state index contributed by atoms with van der Waals surface area (Å²) in [5, 5.41) is 5.29. The van der Waals surface area contributed by atoms with Crippen LogP contribution in [-0.4, -0.2) is 68.5 Å². The van der Waals surface area contributed by atoms with Crippen molar-refractivity contribution in [1.29, 1.82) is 0 Å². The number of benzene rings is 2. The molecule has 2 amide bonds. The van der Waals surface area contributed by atoms with Gasteiger partial charge in [-0.1, -0.05) is 24.3 Å². The van der Waals surface area contributed by atoms with Crippen LogP contribution in [0.15, 0.2) is 48.5 Å². The van der Waals surface area contributed by atoms with Crippen LogP contribution in [0.4, 0.5) is 10.1 Å². The van der Waals surface area contributed by atoms with E-state index in [9.17, 15) is 14.0 Å². The van der Waals surface area contributed by atoms with E-state index in [0.717, 1.165) is 31.7 Å². The third-order valence-electron chi connectivity index (χ3n) is 5.25. The molecule has 0 unspecified atom stereocenters. The van der Waals surface area contributed by atoms with Gasteiger partial charge in [0.05, 0.1) is 18.8 Å². The van der Waals surface area contributed by atoms with E-state index in [1.807, 2.05) is 0 Å². The lowest BCUT2D eigenvalue weighted by Crippen LogP contribution is -2.49. The minimum absolute atomic E-state index is 0.151. The lowest BCUT2D eigenvalue weighted by Gasteiger charge is -2.38. The zero-order valence-electron chi connectivity index (χ0n) is 17.2. The topological polar surface area (TPSA) is 73.9 Å². The van der Waals surface area contributed by atoms with Gasteiger partial charge in [0, 0.05) is 32.7 Å². The molecule has 30 heavy (non-hydrogen) atoms. The molecule has 1 aliphatic rings. The number of rotatable bonds is 6. The summed E-state index contributed by atoms with van der Waals surface area (Å²) in [7, 11) is 3.56. The first kappa shape index (κ1) is 21.7. The van der Waals surface area contributed by atoms with Crippen molar-refractivity contribution in [2.45, 2.75) is 6.04 Å². The van der Waals surface area contributed by atoms with Gasteiger partial charge in [-0.25, -0.2) is 4.39 Å². The number of carbonyl (C=O) groups is 2. The number of hydrogen-bond donors (Lipinski definition) is 2. The molecule has 0 saturated carbocycles. The van der Waals surface area contributed by atoms with Gasteiger partial charge in [-0.3, -0.25) is 14.5 Å². The summed E-state index contributed by atoms with van der Waals surface area (Å²) in [6.45, 7) is 3.69. The van der Waals surface area contributed by atoms with Crippen molar-refractivity contribution in [3.63, 3.8) is 0 Å². The van der Waals surface area contributed by atoms with E-state index in [-0.39, 0.29) is 18.4 Å². The molecular formula is C22H27FN4O3. The molecule has 1 saturated heterocycles. The van der Waals surface area contributed by atoms with E-state index >= 15 is 0 Å². The van der Waals surface area contributed by atoms with Crippen LogP contribution in [0.5, 0.6) is 5.75 Å². The maximum absolute atomic E-state index is 13.4. The number of nitrogens with zero attached hydrogens (tertiary/aromatic N) is 2. The summed E-state index contributed by atoms with van der Waals surface area (Å²) >= 11 is 0. The lowest BCUT2D eigenvalue weighted by atomic mass is 10.0. The van der Waals surface area contributed by atoms with Crippen LogP contribution in [-0.2, 0) is 9.59 Å². The molecular weight excluding hydrogens is 387 g/mol. The predicted octanol–water partition coefficient (Wildman–Crippen LogP) is 1.88. The maximum Gasteiger partial charge on any atom is 0.313 e. The number of likely N-dealkylation sites (N-methyl/N-ethyl adjacent to an activating group) is 1. The second-order valence-electron chi connectivity index (χ2n) is 7.27. The highest BCUT2D eigenvalue weighted by atomic mass is 19.1. The number of methoxy groups -OCH3 is 1. The summed E-state index contributed by atoms with van der Waals surface area (Å²) in [5.74, 6) is -1.34. The molecule has 0 bridgehead atoms. The van der Waals surface area contributed by atoms with Crippen molar-refractivity contribution < 1.29 is 18.7 Å². The lowest BCUT2D eigenvalue weighted by molar-refractivity contribution is -0.136. The number of para-hydroxylation sites is 2. The highest BCUT2D eigenvalue weighted by Crippen LogP contribution is 2.23. The fourth-order valence-electron chi connectivity index (χ4n) is 3.47. The van der Waals surface area contributed by atoms with Crippen molar-refractivity contribution in [1.82, 2.24) is 15.1 Å². The Morgan fingerprint density at radius 3 is 2.37 bits per heavy atom. The Morgan fingerprint density at radius 2 is 1.70 bits per heavy atom. The van der Waals surface area contributed by atoms with Crippen LogP contribution < -0.4 is 15.4 Å². The molecule has 1 heterocycles. The van der Waals surface area contributed by atoms with Crippen molar-refractivity contribution in [3.8, 4) is 5.75 Å². The summed E-state index contributed by atoms with van der Waals surface area (Å²) in [6, 6.07) is 13.0. The fraction of sp³-hybridized carbons (Fsp3) is 0.364. The SMILES string of the molecule is COc1ccccc1NC(=O)C(=O)NC[C@@H](c1ccc(F)cc1)N1CCN(C)CC1. The van der Waals surface area contributed by atoms with Crippen molar-refractivity contribution in [3.05, 3.63) is 59.9 Å². The van der Waals surface area contributed by atoms with Gasteiger partial charge in [0.25, 0.3) is 0 Å². The Hall–Kier alpha value is -2.97. The number of amides is 2. The number of nitrogens with one attached hydrogen (secondary N) is 2. The number of halogens is 1. The second kappa shape index (κ2) is 10.2. The average Bonchev–Trinajstić information content (AvgIpc) is 2.76. The van der Waals surface area contributed by atoms with Gasteiger partial charge >= 0.3 is 11.8 Å². The minimum Gasteiger partial charge on any atom is -0.495 e. The average molecular weight is 414 g/mol. The Morgan fingerprint density at radius 1 is 1.03 bits per heavy atom. The summed E-state index contributed by atoms with van der Waals surface area (Å²) in [6.07, 6.45) is 0. The molecule has 7 nitrogen and oxygen atoms in total. The molecule has 0 aromatic heterocycles. The molecule has 0 radical (unpaired) electrons. The molecule has 160 valence electrons. The van der Waals surface area contributed by atoms with Gasteiger partial charge in [-0.2, -0.15) is 0 Å². The molecule has 1 aliphatic heterocycles. The van der Waals surface area contributed by atoms with Gasteiger partial charge < -0.3 is 20.3 Å². The monoisotopic (exact) mass is 414 g/mol. The van der Waals surface area contributed by atoms with Crippen molar-refractivity contribution >= 4 is 17.5 Å². The van der Waals surface area contributed by atoms with Crippen molar-refractivity contribution in [2.24, 2.45) is 0 Å². The Kier molecular flexibility index (Phi) is 7.37. The second-order valence-corrected chi connectivity index (χ2v) is 7.27. The van der Waals surface area contributed by atoms with Crippen molar-refractivity contribution in [2.75, 3.05) is 52.2 Å². The molecule has 2 aromatic rings. The van der Waals surface area contributed by atoms with Crippen LogP contribution >= 0.6 is 0 Å². The number of piperazine rings is 1. The summed E-state index contributed by atoms with van der Waals surface area (Å²) < 4.78 is 18.6. The van der Waals surface area contributed by atoms with Crippen LogP contribution in [0.3, 0.4) is 0 Å². The van der Waals surface area contributed by atoms with Gasteiger partial charge in [0.15, 0.2) is 0 Å². The number of hydrogen-bond acceptors (Lipinski definition) is 5. The van der Waals surface area contributed by atoms with Crippen LogP contribution in [0.1, 0.15) is 11.6 Å². The first-order valence-corrected chi connectivity index (χ1v) is 9.88. The van der Waals surface area contributed by atoms with E-state index in [1.54, 1.807) is 36.4 Å². The van der Waals surface area contributed by atoms with E-state index in [1.165, 1.54) is 19.2 Å². The highest BCUT2D eigenvalue weighted by molar-refractivity contribution is 6.39. The summed E-state index contributed by atoms with van der Waals surface area (Å²) in [5.41, 5.74) is 1.32. The molecule has 3 rings (SSSR count). The van der Waals surface area contributed by atoms with E-state index in [2.05, 4.69) is 27.5 Å². The van der Waals surface area contributed by atoms with Crippen LogP contribution in [0, 0.1) is 5.82 Å². The maximum atomic E-state index is 13.4. The fourth-order valence-corrected chi connectivity index (χ4v) is 3.47. The molecule has 8 heteroatoms. The Bertz CT molecular complexity index is 867. The molecule has 0 aliphatic carbocycles. The zero-order valence-corrected chi connectivity index (χ0v) is 17.2. The number of carbonyl (C=O) groups excluding carboxylic acids is 2. The Balaban J connectivity index is 1.66.